The monoisotopic (exact) mass is 408 g/mol. The third-order valence-electron chi connectivity index (χ3n) is 6.05. The van der Waals surface area contributed by atoms with Crippen molar-refractivity contribution >= 4 is 17.5 Å². The van der Waals surface area contributed by atoms with Crippen molar-refractivity contribution in [3.05, 3.63) is 65.2 Å². The number of hydrogen-bond donors (Lipinski definition) is 2. The minimum absolute atomic E-state index is 0.00956. The minimum atomic E-state index is -0.309. The Labute approximate surface area is 177 Å². The van der Waals surface area contributed by atoms with Crippen LogP contribution in [0.25, 0.3) is 0 Å². The number of nitrogens with zero attached hydrogens (tertiary/aromatic N) is 1. The molecule has 2 aromatic rings. The molecule has 0 spiro atoms. The number of benzene rings is 2. The van der Waals surface area contributed by atoms with Crippen LogP contribution in [0.1, 0.15) is 23.1 Å². The summed E-state index contributed by atoms with van der Waals surface area (Å²) < 4.78 is 5.45. The second-order valence-corrected chi connectivity index (χ2v) is 8.27. The van der Waals surface area contributed by atoms with Crippen molar-refractivity contribution in [1.82, 2.24) is 5.32 Å². The number of ether oxygens (including phenoxy) is 1. The van der Waals surface area contributed by atoms with Gasteiger partial charge in [-0.2, -0.15) is 0 Å². The summed E-state index contributed by atoms with van der Waals surface area (Å²) in [6.07, 6.45) is 0.263. The second-order valence-electron chi connectivity index (χ2n) is 8.27. The van der Waals surface area contributed by atoms with Crippen molar-refractivity contribution in [3.63, 3.8) is 0 Å². The first-order valence-electron chi connectivity index (χ1n) is 10.7. The molecule has 2 heterocycles. The van der Waals surface area contributed by atoms with Gasteiger partial charge < -0.3 is 19.9 Å². The summed E-state index contributed by atoms with van der Waals surface area (Å²) in [5, 5.41) is 3.07. The lowest BCUT2D eigenvalue weighted by Crippen LogP contribution is -3.12. The van der Waals surface area contributed by atoms with Gasteiger partial charge in [0.1, 0.15) is 19.6 Å². The molecule has 2 fully saturated rings. The molecule has 0 saturated carbocycles. The van der Waals surface area contributed by atoms with Crippen LogP contribution < -0.4 is 15.1 Å². The molecule has 2 N–H and O–H groups in total. The molecule has 6 heteroatoms. The number of nitrogens with one attached hydrogen (secondary N) is 2. The van der Waals surface area contributed by atoms with Gasteiger partial charge in [0.2, 0.25) is 11.8 Å². The Bertz CT molecular complexity index is 891. The smallest absolute Gasteiger partial charge is 0.227 e. The molecule has 0 aliphatic carbocycles. The fourth-order valence-electron chi connectivity index (χ4n) is 4.19. The van der Waals surface area contributed by atoms with Gasteiger partial charge in [0.15, 0.2) is 0 Å². The average molecular weight is 409 g/mol. The summed E-state index contributed by atoms with van der Waals surface area (Å²) in [6.45, 7) is 7.53. The van der Waals surface area contributed by atoms with Crippen molar-refractivity contribution in [3.8, 4) is 0 Å². The quantitative estimate of drug-likeness (QED) is 0.752. The van der Waals surface area contributed by atoms with E-state index in [0.29, 0.717) is 13.1 Å². The van der Waals surface area contributed by atoms with Crippen molar-refractivity contribution < 1.29 is 19.2 Å². The highest BCUT2D eigenvalue weighted by atomic mass is 16.5. The van der Waals surface area contributed by atoms with E-state index < -0.39 is 0 Å². The van der Waals surface area contributed by atoms with Gasteiger partial charge in [0.05, 0.1) is 19.1 Å². The molecule has 0 aromatic heterocycles. The van der Waals surface area contributed by atoms with Gasteiger partial charge in [0.25, 0.3) is 0 Å². The first kappa shape index (κ1) is 20.6. The van der Waals surface area contributed by atoms with E-state index in [4.69, 9.17) is 4.74 Å². The Morgan fingerprint density at radius 3 is 2.53 bits per heavy atom. The molecule has 0 unspecified atom stereocenters. The van der Waals surface area contributed by atoms with E-state index in [0.717, 1.165) is 49.7 Å². The van der Waals surface area contributed by atoms with E-state index in [-0.39, 0.29) is 24.2 Å². The van der Waals surface area contributed by atoms with E-state index in [2.05, 4.69) is 23.5 Å². The standard InChI is InChI=1S/C24H29N3O3/c1-18-6-8-22(9-7-18)27-17-21(14-23(27)28)24(29)25-15-19-4-2-3-5-20(19)16-26-10-12-30-13-11-26/h2-9,21H,10-17H2,1H3,(H,25,29)/p+1/t21-/m1/s1. The van der Waals surface area contributed by atoms with E-state index in [9.17, 15) is 9.59 Å². The summed E-state index contributed by atoms with van der Waals surface area (Å²) in [4.78, 5) is 28.5. The summed E-state index contributed by atoms with van der Waals surface area (Å²) in [5.41, 5.74) is 4.42. The average Bonchev–Trinajstić information content (AvgIpc) is 3.16. The third-order valence-corrected chi connectivity index (χ3v) is 6.05. The minimum Gasteiger partial charge on any atom is -0.370 e. The third kappa shape index (κ3) is 4.89. The van der Waals surface area contributed by atoms with Gasteiger partial charge in [-0.25, -0.2) is 0 Å². The number of quaternary nitrogens is 1. The number of carbonyl (C=O) groups excluding carboxylic acids is 2. The highest BCUT2D eigenvalue weighted by Gasteiger charge is 2.35. The van der Waals surface area contributed by atoms with Crippen molar-refractivity contribution in [2.75, 3.05) is 37.7 Å². The molecule has 0 radical (unpaired) electrons. The fraction of sp³-hybridized carbons (Fsp3) is 0.417. The lowest BCUT2D eigenvalue weighted by Gasteiger charge is -2.24. The number of amides is 2. The Kier molecular flexibility index (Phi) is 6.45. The van der Waals surface area contributed by atoms with Gasteiger partial charge in [-0.3, -0.25) is 9.59 Å². The van der Waals surface area contributed by atoms with Crippen LogP contribution in [0.5, 0.6) is 0 Å². The highest BCUT2D eigenvalue weighted by molar-refractivity contribution is 6.00. The first-order chi connectivity index (χ1) is 14.6. The molecule has 2 saturated heterocycles. The molecule has 2 aliphatic heterocycles. The van der Waals surface area contributed by atoms with Crippen LogP contribution >= 0.6 is 0 Å². The fourth-order valence-corrected chi connectivity index (χ4v) is 4.19. The second kappa shape index (κ2) is 9.41. The van der Waals surface area contributed by atoms with Gasteiger partial charge in [-0.05, 0) is 24.6 Å². The molecule has 4 rings (SSSR count). The van der Waals surface area contributed by atoms with Crippen LogP contribution in [0.3, 0.4) is 0 Å². The van der Waals surface area contributed by atoms with Crippen molar-refractivity contribution in [1.29, 1.82) is 0 Å². The SMILES string of the molecule is Cc1ccc(N2C[C@H](C(=O)NCc3ccccc3C[NH+]3CCOCC3)CC2=O)cc1. The largest absolute Gasteiger partial charge is 0.370 e. The first-order valence-corrected chi connectivity index (χ1v) is 10.7. The molecular weight excluding hydrogens is 378 g/mol. The van der Waals surface area contributed by atoms with Gasteiger partial charge >= 0.3 is 0 Å². The number of aryl methyl sites for hydroxylation is 1. The topological polar surface area (TPSA) is 63.1 Å². The molecule has 2 aliphatic rings. The number of morpholine rings is 1. The number of carbonyl (C=O) groups is 2. The number of rotatable bonds is 6. The van der Waals surface area contributed by atoms with Gasteiger partial charge in [-0.15, -0.1) is 0 Å². The molecule has 6 nitrogen and oxygen atoms in total. The zero-order valence-electron chi connectivity index (χ0n) is 17.5. The Morgan fingerprint density at radius 1 is 1.10 bits per heavy atom. The summed E-state index contributed by atoms with van der Waals surface area (Å²) in [6, 6.07) is 16.1. The van der Waals surface area contributed by atoms with Gasteiger partial charge in [0, 0.05) is 30.8 Å². The van der Waals surface area contributed by atoms with Crippen LogP contribution in [0, 0.1) is 12.8 Å². The van der Waals surface area contributed by atoms with Crippen LogP contribution in [-0.4, -0.2) is 44.7 Å². The number of hydrogen-bond acceptors (Lipinski definition) is 3. The Balaban J connectivity index is 1.35. The molecular formula is C24H30N3O3+. The predicted octanol–water partition coefficient (Wildman–Crippen LogP) is 1.08. The Morgan fingerprint density at radius 2 is 1.80 bits per heavy atom. The predicted molar refractivity (Wildman–Crippen MR) is 115 cm³/mol. The maximum atomic E-state index is 12.8. The highest BCUT2D eigenvalue weighted by Crippen LogP contribution is 2.25. The van der Waals surface area contributed by atoms with E-state index in [1.807, 2.05) is 37.3 Å². The zero-order chi connectivity index (χ0) is 20.9. The van der Waals surface area contributed by atoms with E-state index in [1.54, 1.807) is 4.90 Å². The molecule has 0 bridgehead atoms. The summed E-state index contributed by atoms with van der Waals surface area (Å²) in [7, 11) is 0. The number of anilines is 1. The zero-order valence-corrected chi connectivity index (χ0v) is 17.5. The van der Waals surface area contributed by atoms with Gasteiger partial charge in [-0.1, -0.05) is 42.0 Å². The summed E-state index contributed by atoms with van der Waals surface area (Å²) >= 11 is 0. The molecule has 2 amide bonds. The normalized spacial score (nSPS) is 19.8. The van der Waals surface area contributed by atoms with Crippen LogP contribution in [0.15, 0.2) is 48.5 Å². The Hall–Kier alpha value is -2.70. The molecule has 158 valence electrons. The van der Waals surface area contributed by atoms with Crippen molar-refractivity contribution in [2.24, 2.45) is 5.92 Å². The molecule has 1 atom stereocenters. The maximum Gasteiger partial charge on any atom is 0.227 e. The summed E-state index contributed by atoms with van der Waals surface area (Å²) in [5.74, 6) is -0.349. The molecule has 2 aromatic carbocycles. The maximum absolute atomic E-state index is 12.8. The lowest BCUT2D eigenvalue weighted by molar-refractivity contribution is -0.921. The van der Waals surface area contributed by atoms with Crippen LogP contribution in [-0.2, 0) is 27.4 Å². The van der Waals surface area contributed by atoms with E-state index in [1.165, 1.54) is 10.5 Å². The lowest BCUT2D eigenvalue weighted by atomic mass is 10.1. The van der Waals surface area contributed by atoms with E-state index >= 15 is 0 Å². The van der Waals surface area contributed by atoms with Crippen molar-refractivity contribution in [2.45, 2.75) is 26.4 Å². The van der Waals surface area contributed by atoms with Crippen LogP contribution in [0.2, 0.25) is 0 Å². The molecule has 30 heavy (non-hydrogen) atoms. The van der Waals surface area contributed by atoms with Crippen LogP contribution in [0.4, 0.5) is 5.69 Å².